The van der Waals surface area contributed by atoms with Crippen molar-refractivity contribution < 1.29 is 57.4 Å². The van der Waals surface area contributed by atoms with E-state index >= 15 is 0 Å². The van der Waals surface area contributed by atoms with Gasteiger partial charge in [0.1, 0.15) is 24.7 Å². The molecule has 402 valence electrons. The number of amides is 6. The molecule has 0 saturated heterocycles. The Morgan fingerprint density at radius 1 is 0.493 bits per heavy atom. The van der Waals surface area contributed by atoms with Crippen LogP contribution in [-0.2, 0) is 63.8 Å². The molecular weight excluding hydrogens is 913 g/mol. The molecule has 71 heavy (non-hydrogen) atoms. The van der Waals surface area contributed by atoms with Crippen molar-refractivity contribution in [1.29, 1.82) is 0 Å². The second-order valence-corrected chi connectivity index (χ2v) is 17.7. The lowest BCUT2D eigenvalue weighted by Gasteiger charge is -2.16. The molecule has 0 aliphatic rings. The van der Waals surface area contributed by atoms with E-state index < -0.39 is 53.8 Å². The van der Waals surface area contributed by atoms with Crippen LogP contribution in [0, 0.1) is 0 Å². The van der Waals surface area contributed by atoms with Gasteiger partial charge in [0.2, 0.25) is 35.4 Å². The van der Waals surface area contributed by atoms with Crippen molar-refractivity contribution in [3.63, 3.8) is 0 Å². The molecule has 0 unspecified atom stereocenters. The number of hydrogen-bond acceptors (Lipinski definition) is 12. The quantitative estimate of drug-likeness (QED) is 0.0181. The van der Waals surface area contributed by atoms with Gasteiger partial charge in [-0.3, -0.25) is 28.8 Å². The first-order valence-electron chi connectivity index (χ1n) is 25.2. The zero-order valence-electron chi connectivity index (χ0n) is 43.9. The number of nitrogens with two attached hydrogens (primary N) is 3. The lowest BCUT2D eigenvalue weighted by Crippen LogP contribution is -2.41. The number of rotatable bonds is 36. The average Bonchev–Trinajstić information content (AvgIpc) is 3.29. The molecule has 1 rings (SSSR count). The first-order valence-corrected chi connectivity index (χ1v) is 25.2. The van der Waals surface area contributed by atoms with E-state index in [0.717, 1.165) is 43.2 Å². The number of allylic oxidation sites excluding steroid dienone is 3. The molecule has 0 radical (unpaired) electrons. The van der Waals surface area contributed by atoms with Gasteiger partial charge < -0.3 is 47.4 Å². The monoisotopic (exact) mass is 1000 g/mol. The molecular formula is C53H88N6O12. The summed E-state index contributed by atoms with van der Waals surface area (Å²) in [4.78, 5) is 102. The summed E-state index contributed by atoms with van der Waals surface area (Å²) in [5.41, 5.74) is 18.7. The van der Waals surface area contributed by atoms with Crippen molar-refractivity contribution in [3.05, 3.63) is 59.2 Å². The number of nitrogens with one attached hydrogen (secondary N) is 3. The molecule has 0 aliphatic heterocycles. The summed E-state index contributed by atoms with van der Waals surface area (Å²) >= 11 is 0. The molecule has 18 nitrogen and oxygen atoms in total. The minimum atomic E-state index is -0.848. The molecule has 0 bridgehead atoms. The van der Waals surface area contributed by atoms with Gasteiger partial charge >= 0.3 is 17.9 Å². The van der Waals surface area contributed by atoms with Crippen LogP contribution >= 0.6 is 0 Å². The molecule has 0 aromatic heterocycles. The Morgan fingerprint density at radius 3 is 1.25 bits per heavy atom. The van der Waals surface area contributed by atoms with Crippen molar-refractivity contribution in [2.75, 3.05) is 19.8 Å². The largest absolute Gasteiger partial charge is 0.464 e. The highest BCUT2D eigenvalue weighted by molar-refractivity contribution is 5.85. The van der Waals surface area contributed by atoms with E-state index in [1.165, 1.54) is 84.1 Å². The number of esters is 3. The number of carbonyl (C=O) groups is 9. The molecule has 6 amide bonds. The van der Waals surface area contributed by atoms with Crippen LogP contribution in [-0.4, -0.2) is 91.3 Å². The van der Waals surface area contributed by atoms with Crippen molar-refractivity contribution in [2.45, 2.75) is 201 Å². The van der Waals surface area contributed by atoms with Crippen molar-refractivity contribution in [3.8, 4) is 0 Å². The Morgan fingerprint density at radius 2 is 0.873 bits per heavy atom. The van der Waals surface area contributed by atoms with Crippen LogP contribution in [0.3, 0.4) is 0 Å². The maximum Gasteiger partial charge on any atom is 0.328 e. The number of unbranched alkanes of at least 4 members (excludes halogenated alkanes) is 11. The Balaban J connectivity index is 0. The fraction of sp³-hybridized carbons (Fsp3) is 0.642. The van der Waals surface area contributed by atoms with Gasteiger partial charge in [0.15, 0.2) is 0 Å². The molecule has 9 N–H and O–H groups in total. The normalized spacial score (nSPS) is 11.8. The van der Waals surface area contributed by atoms with E-state index in [-0.39, 0.29) is 69.5 Å². The summed E-state index contributed by atoms with van der Waals surface area (Å²) in [5.74, 6) is -4.20. The van der Waals surface area contributed by atoms with E-state index in [4.69, 9.17) is 31.4 Å². The van der Waals surface area contributed by atoms with Gasteiger partial charge in [-0.25, -0.2) is 14.4 Å². The smallest absolute Gasteiger partial charge is 0.328 e. The predicted molar refractivity (Wildman–Crippen MR) is 275 cm³/mol. The summed E-state index contributed by atoms with van der Waals surface area (Å²) < 4.78 is 15.5. The van der Waals surface area contributed by atoms with Gasteiger partial charge in [-0.15, -0.1) is 0 Å². The highest BCUT2D eigenvalue weighted by Crippen LogP contribution is 2.13. The third kappa shape index (κ3) is 44.9. The van der Waals surface area contributed by atoms with Gasteiger partial charge in [0.25, 0.3) is 0 Å². The van der Waals surface area contributed by atoms with E-state index in [1.54, 1.807) is 0 Å². The Kier molecular flexibility index (Phi) is 41.4. The lowest BCUT2D eigenvalue weighted by molar-refractivity contribution is -0.148. The number of benzene rings is 1. The van der Waals surface area contributed by atoms with Crippen LogP contribution in [0.2, 0.25) is 0 Å². The minimum Gasteiger partial charge on any atom is -0.464 e. The molecule has 1 aromatic carbocycles. The van der Waals surface area contributed by atoms with Crippen molar-refractivity contribution >= 4 is 53.4 Å². The first kappa shape index (κ1) is 67.0. The molecule has 0 aliphatic carbocycles. The number of carbonyl (C=O) groups excluding carboxylic acids is 9. The van der Waals surface area contributed by atoms with E-state index in [9.17, 15) is 43.2 Å². The van der Waals surface area contributed by atoms with Crippen LogP contribution in [0.15, 0.2) is 53.6 Å². The highest BCUT2D eigenvalue weighted by Gasteiger charge is 2.23. The summed E-state index contributed by atoms with van der Waals surface area (Å²) in [6.45, 7) is 13.0. The minimum absolute atomic E-state index is 0.0115. The van der Waals surface area contributed by atoms with Crippen LogP contribution in [0.5, 0.6) is 0 Å². The molecule has 0 spiro atoms. The fourth-order valence-electron chi connectivity index (χ4n) is 6.63. The number of hydrogen-bond donors (Lipinski definition) is 6. The highest BCUT2D eigenvalue weighted by atomic mass is 16.5. The van der Waals surface area contributed by atoms with Crippen LogP contribution < -0.4 is 33.2 Å². The van der Waals surface area contributed by atoms with Crippen LogP contribution in [0.4, 0.5) is 0 Å². The second kappa shape index (κ2) is 43.9. The van der Waals surface area contributed by atoms with E-state index in [1.807, 2.05) is 43.3 Å². The molecule has 18 heteroatoms. The van der Waals surface area contributed by atoms with Gasteiger partial charge in [-0.05, 0) is 70.9 Å². The third-order valence-corrected chi connectivity index (χ3v) is 10.5. The Hall–Kier alpha value is -6.07. The van der Waals surface area contributed by atoms with Gasteiger partial charge in [-0.1, -0.05) is 125 Å². The molecule has 1 aromatic rings. The summed E-state index contributed by atoms with van der Waals surface area (Å²) in [5, 5.41) is 7.44. The molecule has 0 fully saturated rings. The topological polar surface area (TPSA) is 295 Å². The zero-order chi connectivity index (χ0) is 53.8. The van der Waals surface area contributed by atoms with Gasteiger partial charge in [0, 0.05) is 46.5 Å². The lowest BCUT2D eigenvalue weighted by atomic mass is 10.1. The van der Waals surface area contributed by atoms with Crippen molar-refractivity contribution in [2.24, 2.45) is 17.2 Å². The Labute approximate surface area is 423 Å². The Bertz CT molecular complexity index is 1780. The maximum atomic E-state index is 12.0. The molecule has 0 saturated carbocycles. The molecule has 3 atom stereocenters. The van der Waals surface area contributed by atoms with Crippen LogP contribution in [0.25, 0.3) is 0 Å². The maximum absolute atomic E-state index is 12.0. The number of primary amides is 3. The summed E-state index contributed by atoms with van der Waals surface area (Å²) in [6.07, 6.45) is 21.9. The van der Waals surface area contributed by atoms with Crippen LogP contribution in [0.1, 0.15) is 182 Å². The second-order valence-electron chi connectivity index (χ2n) is 17.7. The molecule has 0 heterocycles. The van der Waals surface area contributed by atoms with Crippen molar-refractivity contribution in [1.82, 2.24) is 16.0 Å². The standard InChI is InChI=1S/C21H40N2O4.C17H28N2O4.C15H20N2O4/c1-3-4-5-6-7-8-9-10-11-12-13-14-17-27-21(26)19(23-18(2)24)15-16-20(22)25;1-12(2)6-5-7-13(3)10-11-23-17(22)15(19-14(4)20)8-9-16(18)21;1-11(18)17-13(7-8-14(16)19)15(20)21-10-9-12-5-3-2-4-6-12/h19H,3-17H2,1-2H3,(H2,22,25)(H,23,24);6,10,15H,5,7-9,11H2,1-4H3,(H2,18,21)(H,19,20);2-6,13H,7-10H2,1H3,(H2,16,19)(H,17,18)/b;13-10+;/t19-;15-;13-/m000/s1. The van der Waals surface area contributed by atoms with E-state index in [2.05, 4.69) is 42.8 Å². The average molecular weight is 1000 g/mol. The predicted octanol–water partition coefficient (Wildman–Crippen LogP) is 6.54. The van der Waals surface area contributed by atoms with E-state index in [0.29, 0.717) is 13.0 Å². The fourth-order valence-corrected chi connectivity index (χ4v) is 6.63. The van der Waals surface area contributed by atoms with Gasteiger partial charge in [-0.2, -0.15) is 0 Å². The zero-order valence-corrected chi connectivity index (χ0v) is 43.9. The number of ether oxygens (including phenoxy) is 3. The summed E-state index contributed by atoms with van der Waals surface area (Å²) in [7, 11) is 0. The first-order chi connectivity index (χ1) is 33.7. The summed E-state index contributed by atoms with van der Waals surface area (Å²) in [6, 6.07) is 7.11. The SMILES string of the molecule is CC(=O)N[C@@H](CCC(N)=O)C(=O)OC/C=C(\C)CCC=C(C)C.CC(=O)N[C@@H](CCC(N)=O)C(=O)OCCc1ccccc1.CCCCCCCCCCCCCCOC(=O)[C@H](CCC(N)=O)NC(C)=O. The third-order valence-electron chi connectivity index (χ3n) is 10.5. The van der Waals surface area contributed by atoms with Gasteiger partial charge in [0.05, 0.1) is 13.2 Å².